The molecule has 2 heterocycles. The van der Waals surface area contributed by atoms with Crippen LogP contribution >= 0.6 is 0 Å². The quantitative estimate of drug-likeness (QED) is 0.770. The molecule has 2 N–H and O–H groups in total. The Kier molecular flexibility index (Phi) is 5.40. The van der Waals surface area contributed by atoms with Crippen molar-refractivity contribution in [3.63, 3.8) is 0 Å². The standard InChI is InChI=1S/C19H25N4O4/c24-16-10-17(22(12-16)11-13-5-2-1-3-6-13)19-20-18(21-27-19)14-7-4-8-15(9-14)23(25)26/h4,7-9,13,16-17,24-25H,1-3,5-6,10-12H2/q-1. The van der Waals surface area contributed by atoms with Crippen molar-refractivity contribution in [2.24, 2.45) is 5.92 Å². The number of nitrogens with zero attached hydrogens (tertiary/aromatic N) is 4. The van der Waals surface area contributed by atoms with Gasteiger partial charge in [0.05, 0.1) is 17.8 Å². The topological polar surface area (TPSA) is 109 Å². The van der Waals surface area contributed by atoms with Crippen molar-refractivity contribution < 1.29 is 14.8 Å². The van der Waals surface area contributed by atoms with Gasteiger partial charge in [0.25, 0.3) is 0 Å². The Morgan fingerprint density at radius 2 is 2.07 bits per heavy atom. The molecule has 2 aromatic rings. The van der Waals surface area contributed by atoms with E-state index in [1.165, 1.54) is 44.2 Å². The first kappa shape index (κ1) is 18.4. The highest BCUT2D eigenvalue weighted by molar-refractivity contribution is 5.62. The van der Waals surface area contributed by atoms with Crippen molar-refractivity contribution in [2.45, 2.75) is 50.7 Å². The molecule has 2 atom stereocenters. The summed E-state index contributed by atoms with van der Waals surface area (Å²) in [7, 11) is 0. The maximum Gasteiger partial charge on any atom is 0.244 e. The smallest absolute Gasteiger partial charge is 0.244 e. The maximum atomic E-state index is 11.1. The van der Waals surface area contributed by atoms with Crippen molar-refractivity contribution in [1.82, 2.24) is 15.0 Å². The summed E-state index contributed by atoms with van der Waals surface area (Å²) in [4.78, 5) is 6.77. The van der Waals surface area contributed by atoms with Crippen molar-refractivity contribution in [1.29, 1.82) is 0 Å². The van der Waals surface area contributed by atoms with Crippen LogP contribution in [-0.4, -0.2) is 44.5 Å². The molecular formula is C19H25N4O4-. The molecule has 2 aliphatic rings. The molecule has 1 aromatic carbocycles. The normalized spacial score (nSPS) is 24.4. The highest BCUT2D eigenvalue weighted by Crippen LogP contribution is 2.35. The molecule has 0 bridgehead atoms. The van der Waals surface area contributed by atoms with Crippen LogP contribution < -0.4 is 5.23 Å². The first-order valence-electron chi connectivity index (χ1n) is 9.62. The summed E-state index contributed by atoms with van der Waals surface area (Å²) in [5, 5.41) is 34.2. The van der Waals surface area contributed by atoms with Gasteiger partial charge < -0.3 is 20.1 Å². The van der Waals surface area contributed by atoms with E-state index in [4.69, 9.17) is 9.73 Å². The Morgan fingerprint density at radius 1 is 1.26 bits per heavy atom. The summed E-state index contributed by atoms with van der Waals surface area (Å²) in [6.07, 6.45) is 6.58. The number of rotatable bonds is 5. The highest BCUT2D eigenvalue weighted by atomic mass is 16.8. The van der Waals surface area contributed by atoms with Crippen LogP contribution in [0.5, 0.6) is 0 Å². The average Bonchev–Trinajstić information content (AvgIpc) is 3.29. The third-order valence-corrected chi connectivity index (χ3v) is 5.65. The lowest BCUT2D eigenvalue weighted by atomic mass is 9.89. The third-order valence-electron chi connectivity index (χ3n) is 5.65. The second-order valence-electron chi connectivity index (χ2n) is 7.64. The molecule has 8 nitrogen and oxygen atoms in total. The van der Waals surface area contributed by atoms with E-state index in [9.17, 15) is 10.3 Å². The summed E-state index contributed by atoms with van der Waals surface area (Å²) in [5.74, 6) is 1.52. The summed E-state index contributed by atoms with van der Waals surface area (Å²) in [5.41, 5.74) is 0.698. The molecule has 2 unspecified atom stereocenters. The van der Waals surface area contributed by atoms with E-state index in [1.54, 1.807) is 12.1 Å². The first-order valence-corrected chi connectivity index (χ1v) is 9.62. The Morgan fingerprint density at radius 3 is 2.85 bits per heavy atom. The van der Waals surface area contributed by atoms with Crippen LogP contribution in [0, 0.1) is 11.1 Å². The van der Waals surface area contributed by atoms with Gasteiger partial charge in [0.1, 0.15) is 0 Å². The Labute approximate surface area is 157 Å². The van der Waals surface area contributed by atoms with E-state index < -0.39 is 0 Å². The van der Waals surface area contributed by atoms with Gasteiger partial charge in [-0.15, -0.1) is 0 Å². The Hall–Kier alpha value is -2.00. The molecule has 2 fully saturated rings. The van der Waals surface area contributed by atoms with Crippen LogP contribution in [0.1, 0.15) is 50.5 Å². The number of aromatic nitrogens is 2. The minimum absolute atomic E-state index is 0.0831. The number of β-amino-alcohol motifs (C(OH)–C–C–N with tert-alkyl or cyclic N) is 1. The molecule has 1 saturated heterocycles. The second kappa shape index (κ2) is 7.93. The van der Waals surface area contributed by atoms with Gasteiger partial charge in [-0.25, -0.2) is 0 Å². The van der Waals surface area contributed by atoms with E-state index in [0.717, 1.165) is 6.54 Å². The average molecular weight is 373 g/mol. The van der Waals surface area contributed by atoms with E-state index in [0.29, 0.717) is 36.2 Å². The van der Waals surface area contributed by atoms with Gasteiger partial charge in [0.15, 0.2) is 0 Å². The van der Waals surface area contributed by atoms with Crippen molar-refractivity contribution in [3.8, 4) is 11.4 Å². The third kappa shape index (κ3) is 4.14. The van der Waals surface area contributed by atoms with Crippen LogP contribution in [0.4, 0.5) is 5.69 Å². The van der Waals surface area contributed by atoms with Crippen molar-refractivity contribution in [3.05, 3.63) is 35.4 Å². The van der Waals surface area contributed by atoms with Gasteiger partial charge in [-0.2, -0.15) is 4.98 Å². The summed E-state index contributed by atoms with van der Waals surface area (Å²) in [6.45, 7) is 1.58. The van der Waals surface area contributed by atoms with Gasteiger partial charge >= 0.3 is 0 Å². The predicted molar refractivity (Wildman–Crippen MR) is 98.9 cm³/mol. The predicted octanol–water partition coefficient (Wildman–Crippen LogP) is 3.12. The summed E-state index contributed by atoms with van der Waals surface area (Å²) in [6, 6.07) is 6.32. The number of aliphatic hydroxyl groups excluding tert-OH is 1. The van der Waals surface area contributed by atoms with Gasteiger partial charge in [0, 0.05) is 18.7 Å². The van der Waals surface area contributed by atoms with Crippen LogP contribution in [0.3, 0.4) is 0 Å². The Balaban J connectivity index is 1.51. The van der Waals surface area contributed by atoms with Gasteiger partial charge in [-0.05, 0) is 37.3 Å². The number of hydrogen-bond acceptors (Lipinski definition) is 8. The van der Waals surface area contributed by atoms with Gasteiger partial charge in [-0.3, -0.25) is 10.1 Å². The fraction of sp³-hybridized carbons (Fsp3) is 0.579. The lowest BCUT2D eigenvalue weighted by Gasteiger charge is -2.29. The van der Waals surface area contributed by atoms with Crippen molar-refractivity contribution in [2.75, 3.05) is 18.3 Å². The maximum absolute atomic E-state index is 11.1. The fourth-order valence-corrected chi connectivity index (χ4v) is 4.29. The molecule has 1 saturated carbocycles. The summed E-state index contributed by atoms with van der Waals surface area (Å²) >= 11 is 0. The molecule has 27 heavy (non-hydrogen) atoms. The lowest BCUT2D eigenvalue weighted by molar-refractivity contribution is 0.147. The van der Waals surface area contributed by atoms with Crippen molar-refractivity contribution >= 4 is 5.69 Å². The largest absolute Gasteiger partial charge is 0.733 e. The second-order valence-corrected chi connectivity index (χ2v) is 7.64. The van der Waals surface area contributed by atoms with Crippen LogP contribution in [0.15, 0.2) is 28.8 Å². The molecule has 1 aromatic heterocycles. The number of likely N-dealkylation sites (tertiary alicyclic amines) is 1. The molecular weight excluding hydrogens is 348 g/mol. The number of anilines is 1. The molecule has 0 amide bonds. The molecule has 8 heteroatoms. The molecule has 1 aliphatic heterocycles. The van der Waals surface area contributed by atoms with Crippen LogP contribution in [0.2, 0.25) is 0 Å². The lowest BCUT2D eigenvalue weighted by Crippen LogP contribution is -2.31. The van der Waals surface area contributed by atoms with E-state index in [1.807, 2.05) is 0 Å². The minimum atomic E-state index is -0.388. The van der Waals surface area contributed by atoms with E-state index >= 15 is 0 Å². The first-order chi connectivity index (χ1) is 13.1. The van der Waals surface area contributed by atoms with Crippen LogP contribution in [-0.2, 0) is 0 Å². The van der Waals surface area contributed by atoms with Crippen LogP contribution in [0.25, 0.3) is 11.4 Å². The molecule has 146 valence electrons. The molecule has 1 aliphatic carbocycles. The SMILES string of the molecule is [O-]N(O)c1cccc(-c2noc(C3CC(O)CN3CC3CCCCC3)n2)c1. The zero-order valence-electron chi connectivity index (χ0n) is 15.2. The van der Waals surface area contributed by atoms with E-state index in [2.05, 4.69) is 15.0 Å². The highest BCUT2D eigenvalue weighted by Gasteiger charge is 2.37. The fourth-order valence-electron chi connectivity index (χ4n) is 4.29. The number of aliphatic hydroxyl groups is 1. The monoisotopic (exact) mass is 373 g/mol. The van der Waals surface area contributed by atoms with E-state index in [-0.39, 0.29) is 23.1 Å². The number of hydrogen-bond donors (Lipinski definition) is 2. The minimum Gasteiger partial charge on any atom is -0.733 e. The summed E-state index contributed by atoms with van der Waals surface area (Å²) < 4.78 is 5.50. The molecule has 0 spiro atoms. The molecule has 4 rings (SSSR count). The zero-order chi connectivity index (χ0) is 18.8. The zero-order valence-corrected chi connectivity index (χ0v) is 15.2. The van der Waals surface area contributed by atoms with Gasteiger partial charge in [-0.1, -0.05) is 36.6 Å². The van der Waals surface area contributed by atoms with Gasteiger partial charge in [0.2, 0.25) is 11.7 Å². The number of benzene rings is 1. The Bertz CT molecular complexity index is 760. The molecule has 0 radical (unpaired) electrons.